The number of pyridine rings is 1. The van der Waals surface area contributed by atoms with E-state index < -0.39 is 5.91 Å². The second-order valence-electron chi connectivity index (χ2n) is 7.89. The molecule has 0 spiro atoms. The molecule has 1 aliphatic rings. The Morgan fingerprint density at radius 3 is 2.66 bits per heavy atom. The predicted octanol–water partition coefficient (Wildman–Crippen LogP) is 3.39. The number of aryl methyl sites for hydroxylation is 2. The van der Waals surface area contributed by atoms with Gasteiger partial charge in [0.25, 0.3) is 11.5 Å². The van der Waals surface area contributed by atoms with Crippen LogP contribution < -0.4 is 15.8 Å². The van der Waals surface area contributed by atoms with Crippen LogP contribution in [-0.4, -0.2) is 29.0 Å². The maximum absolute atomic E-state index is 12.9. The molecule has 1 fully saturated rings. The lowest BCUT2D eigenvalue weighted by molar-refractivity contribution is -0.117. The van der Waals surface area contributed by atoms with E-state index in [4.69, 9.17) is 11.6 Å². The molecule has 1 unspecified atom stereocenters. The van der Waals surface area contributed by atoms with Crippen LogP contribution in [0.15, 0.2) is 41.3 Å². The molecule has 0 aliphatic carbocycles. The Kier molecular flexibility index (Phi) is 6.42. The third-order valence-electron chi connectivity index (χ3n) is 5.15. The SMILES string of the molecule is Cc1ccn(CCC(C)C)c(=O)c1C(=O)NC1CC(=O)N(c2ccccc2Cl)C1. The first kappa shape index (κ1) is 21.1. The number of carbonyl (C=O) groups is 2. The number of carbonyl (C=O) groups excluding carboxylic acids is 2. The van der Waals surface area contributed by atoms with E-state index >= 15 is 0 Å². The van der Waals surface area contributed by atoms with Crippen molar-refractivity contribution >= 4 is 29.1 Å². The molecule has 1 atom stereocenters. The molecule has 0 bridgehead atoms. The maximum Gasteiger partial charge on any atom is 0.263 e. The minimum Gasteiger partial charge on any atom is -0.347 e. The zero-order valence-corrected chi connectivity index (χ0v) is 17.7. The molecule has 1 aliphatic heterocycles. The van der Waals surface area contributed by atoms with Gasteiger partial charge in [-0.25, -0.2) is 0 Å². The summed E-state index contributed by atoms with van der Waals surface area (Å²) < 4.78 is 1.58. The fourth-order valence-electron chi connectivity index (χ4n) is 3.48. The van der Waals surface area contributed by atoms with E-state index in [1.54, 1.807) is 46.9 Å². The standard InChI is InChI=1S/C22H26ClN3O3/c1-14(2)8-10-25-11-9-15(3)20(22(25)29)21(28)24-16-12-19(27)26(13-16)18-7-5-4-6-17(18)23/h4-7,9,11,14,16H,8,10,12-13H2,1-3H3,(H,24,28). The number of nitrogens with zero attached hydrogens (tertiary/aromatic N) is 2. The molecule has 1 saturated heterocycles. The number of anilines is 1. The number of amides is 2. The third-order valence-corrected chi connectivity index (χ3v) is 5.47. The highest BCUT2D eigenvalue weighted by Crippen LogP contribution is 2.29. The van der Waals surface area contributed by atoms with Gasteiger partial charge < -0.3 is 14.8 Å². The van der Waals surface area contributed by atoms with Gasteiger partial charge in [0.15, 0.2) is 0 Å². The molecule has 154 valence electrons. The van der Waals surface area contributed by atoms with Crippen LogP contribution in [0.25, 0.3) is 0 Å². The molecule has 7 heteroatoms. The normalized spacial score (nSPS) is 16.5. The zero-order chi connectivity index (χ0) is 21.1. The van der Waals surface area contributed by atoms with Crippen LogP contribution in [0.1, 0.15) is 42.6 Å². The summed E-state index contributed by atoms with van der Waals surface area (Å²) in [5, 5.41) is 3.35. The topological polar surface area (TPSA) is 71.4 Å². The number of para-hydroxylation sites is 1. The Labute approximate surface area is 175 Å². The number of aromatic nitrogens is 1. The van der Waals surface area contributed by atoms with Gasteiger partial charge >= 0.3 is 0 Å². The van der Waals surface area contributed by atoms with Crippen molar-refractivity contribution in [2.45, 2.75) is 46.2 Å². The number of rotatable bonds is 6. The number of halogens is 1. The average molecular weight is 416 g/mol. The van der Waals surface area contributed by atoms with Crippen molar-refractivity contribution in [3.05, 3.63) is 63.0 Å². The molecular formula is C22H26ClN3O3. The van der Waals surface area contributed by atoms with Gasteiger partial charge in [0, 0.05) is 25.7 Å². The fourth-order valence-corrected chi connectivity index (χ4v) is 3.72. The quantitative estimate of drug-likeness (QED) is 0.786. The van der Waals surface area contributed by atoms with E-state index in [1.165, 1.54) is 0 Å². The molecular weight excluding hydrogens is 390 g/mol. The maximum atomic E-state index is 12.9. The Hall–Kier alpha value is -2.60. The highest BCUT2D eigenvalue weighted by Gasteiger charge is 2.33. The molecule has 29 heavy (non-hydrogen) atoms. The van der Waals surface area contributed by atoms with E-state index in [-0.39, 0.29) is 29.5 Å². The highest BCUT2D eigenvalue weighted by molar-refractivity contribution is 6.33. The summed E-state index contributed by atoms with van der Waals surface area (Å²) in [5.74, 6) is -0.0893. The lowest BCUT2D eigenvalue weighted by atomic mass is 10.1. The molecule has 1 aromatic heterocycles. The van der Waals surface area contributed by atoms with E-state index in [1.807, 2.05) is 6.07 Å². The lowest BCUT2D eigenvalue weighted by Gasteiger charge is -2.19. The van der Waals surface area contributed by atoms with E-state index in [9.17, 15) is 14.4 Å². The molecule has 0 radical (unpaired) electrons. The molecule has 2 aromatic rings. The first-order valence-electron chi connectivity index (χ1n) is 9.83. The van der Waals surface area contributed by atoms with Gasteiger partial charge in [0.2, 0.25) is 5.91 Å². The van der Waals surface area contributed by atoms with E-state index in [0.717, 1.165) is 6.42 Å². The number of hydrogen-bond acceptors (Lipinski definition) is 3. The van der Waals surface area contributed by atoms with Crippen LogP contribution in [0, 0.1) is 12.8 Å². The van der Waals surface area contributed by atoms with Crippen molar-refractivity contribution in [1.29, 1.82) is 0 Å². The van der Waals surface area contributed by atoms with Crippen molar-refractivity contribution in [2.24, 2.45) is 5.92 Å². The molecule has 1 N–H and O–H groups in total. The molecule has 2 amide bonds. The van der Waals surface area contributed by atoms with Gasteiger partial charge in [-0.15, -0.1) is 0 Å². The van der Waals surface area contributed by atoms with Crippen LogP contribution >= 0.6 is 11.6 Å². The van der Waals surface area contributed by atoms with Crippen LogP contribution in [0.5, 0.6) is 0 Å². The summed E-state index contributed by atoms with van der Waals surface area (Å²) in [6.45, 7) is 6.82. The number of benzene rings is 1. The second-order valence-corrected chi connectivity index (χ2v) is 8.29. The van der Waals surface area contributed by atoms with Crippen LogP contribution in [0.4, 0.5) is 5.69 Å². The van der Waals surface area contributed by atoms with E-state index in [0.29, 0.717) is 35.3 Å². The summed E-state index contributed by atoms with van der Waals surface area (Å²) in [6.07, 6.45) is 2.76. The van der Waals surface area contributed by atoms with Gasteiger partial charge in [-0.3, -0.25) is 14.4 Å². The summed E-state index contributed by atoms with van der Waals surface area (Å²) in [4.78, 5) is 39.7. The minimum absolute atomic E-state index is 0.109. The second kappa shape index (κ2) is 8.82. The van der Waals surface area contributed by atoms with Gasteiger partial charge in [0.05, 0.1) is 16.8 Å². The Balaban J connectivity index is 1.76. The summed E-state index contributed by atoms with van der Waals surface area (Å²) in [6, 6.07) is 8.52. The molecule has 1 aromatic carbocycles. The average Bonchev–Trinajstić information content (AvgIpc) is 3.01. The summed E-state index contributed by atoms with van der Waals surface area (Å²) in [7, 11) is 0. The van der Waals surface area contributed by atoms with Crippen LogP contribution in [0.2, 0.25) is 5.02 Å². The molecule has 0 saturated carbocycles. The van der Waals surface area contributed by atoms with Crippen molar-refractivity contribution in [3.63, 3.8) is 0 Å². The smallest absolute Gasteiger partial charge is 0.263 e. The Bertz CT molecular complexity index is 984. The van der Waals surface area contributed by atoms with Gasteiger partial charge in [0.1, 0.15) is 5.56 Å². The van der Waals surface area contributed by atoms with Crippen molar-refractivity contribution in [1.82, 2.24) is 9.88 Å². The number of nitrogens with one attached hydrogen (secondary N) is 1. The molecule has 3 rings (SSSR count). The van der Waals surface area contributed by atoms with E-state index in [2.05, 4.69) is 19.2 Å². The summed E-state index contributed by atoms with van der Waals surface area (Å²) >= 11 is 6.20. The third kappa shape index (κ3) is 4.70. The van der Waals surface area contributed by atoms with Crippen molar-refractivity contribution in [2.75, 3.05) is 11.4 Å². The predicted molar refractivity (Wildman–Crippen MR) is 115 cm³/mol. The molecule has 2 heterocycles. The fraction of sp³-hybridized carbons (Fsp3) is 0.409. The number of hydrogen-bond donors (Lipinski definition) is 1. The van der Waals surface area contributed by atoms with Crippen molar-refractivity contribution in [3.8, 4) is 0 Å². The van der Waals surface area contributed by atoms with Crippen LogP contribution in [0.3, 0.4) is 0 Å². The van der Waals surface area contributed by atoms with Crippen molar-refractivity contribution < 1.29 is 9.59 Å². The zero-order valence-electron chi connectivity index (χ0n) is 16.9. The monoisotopic (exact) mass is 415 g/mol. The van der Waals surface area contributed by atoms with Gasteiger partial charge in [-0.05, 0) is 43.0 Å². The lowest BCUT2D eigenvalue weighted by Crippen LogP contribution is -2.41. The molecule has 6 nitrogen and oxygen atoms in total. The first-order valence-corrected chi connectivity index (χ1v) is 10.2. The first-order chi connectivity index (χ1) is 13.8. The summed E-state index contributed by atoms with van der Waals surface area (Å²) in [5.41, 5.74) is 1.10. The largest absolute Gasteiger partial charge is 0.347 e. The Morgan fingerprint density at radius 2 is 1.97 bits per heavy atom. The van der Waals surface area contributed by atoms with Crippen LogP contribution in [-0.2, 0) is 11.3 Å². The Morgan fingerprint density at radius 1 is 1.24 bits per heavy atom. The van der Waals surface area contributed by atoms with Gasteiger partial charge in [-0.1, -0.05) is 37.6 Å². The minimum atomic E-state index is -0.440. The van der Waals surface area contributed by atoms with Gasteiger partial charge in [-0.2, -0.15) is 0 Å². The highest BCUT2D eigenvalue weighted by atomic mass is 35.5.